The maximum absolute atomic E-state index is 12.5. The number of amides is 1. The lowest BCUT2D eigenvalue weighted by molar-refractivity contribution is -0.122. The van der Waals surface area contributed by atoms with Crippen LogP contribution in [0.1, 0.15) is 33.3 Å². The summed E-state index contributed by atoms with van der Waals surface area (Å²) in [6, 6.07) is 15.3. The molecule has 0 fully saturated rings. The van der Waals surface area contributed by atoms with Gasteiger partial charge in [-0.15, -0.1) is 10.2 Å². The number of aromatic nitrogens is 2. The van der Waals surface area contributed by atoms with E-state index >= 15 is 0 Å². The summed E-state index contributed by atoms with van der Waals surface area (Å²) in [6.45, 7) is 8.17. The number of anilines is 1. The SMILES string of the molecule is COc1ccc(-c2nnc(NC(=O)[C@H](C)Oc3ccc(C(C)(C)C)cc3)s2)cc1. The van der Waals surface area contributed by atoms with Crippen LogP contribution in [0.15, 0.2) is 48.5 Å². The van der Waals surface area contributed by atoms with E-state index in [1.807, 2.05) is 48.5 Å². The first-order valence-corrected chi connectivity index (χ1v) is 10.1. The number of methoxy groups -OCH3 is 1. The van der Waals surface area contributed by atoms with Gasteiger partial charge in [-0.05, 0) is 54.3 Å². The van der Waals surface area contributed by atoms with Gasteiger partial charge >= 0.3 is 0 Å². The average Bonchev–Trinajstić information content (AvgIpc) is 3.16. The van der Waals surface area contributed by atoms with Crippen LogP contribution >= 0.6 is 11.3 Å². The van der Waals surface area contributed by atoms with Crippen molar-refractivity contribution in [3.05, 3.63) is 54.1 Å². The van der Waals surface area contributed by atoms with Gasteiger partial charge < -0.3 is 9.47 Å². The first-order chi connectivity index (χ1) is 13.8. The van der Waals surface area contributed by atoms with Crippen molar-refractivity contribution in [2.24, 2.45) is 0 Å². The van der Waals surface area contributed by atoms with E-state index in [1.54, 1.807) is 14.0 Å². The maximum Gasteiger partial charge on any atom is 0.266 e. The molecule has 0 spiro atoms. The average molecular weight is 412 g/mol. The molecule has 6 nitrogen and oxygen atoms in total. The van der Waals surface area contributed by atoms with Crippen LogP contribution in [0.3, 0.4) is 0 Å². The Morgan fingerprint density at radius 1 is 1.00 bits per heavy atom. The predicted octanol–water partition coefficient (Wildman–Crippen LogP) is 4.92. The summed E-state index contributed by atoms with van der Waals surface area (Å²) >= 11 is 1.31. The fourth-order valence-electron chi connectivity index (χ4n) is 2.62. The summed E-state index contributed by atoms with van der Waals surface area (Å²) in [4.78, 5) is 12.5. The van der Waals surface area contributed by atoms with Gasteiger partial charge in [0.1, 0.15) is 16.5 Å². The van der Waals surface area contributed by atoms with Gasteiger partial charge in [-0.25, -0.2) is 0 Å². The van der Waals surface area contributed by atoms with Gasteiger partial charge in [-0.1, -0.05) is 44.2 Å². The fraction of sp³-hybridized carbons (Fsp3) is 0.318. The molecular formula is C22H25N3O3S. The Bertz CT molecular complexity index is 960. The molecule has 7 heteroatoms. The van der Waals surface area contributed by atoms with Gasteiger partial charge in [0.25, 0.3) is 5.91 Å². The molecule has 0 aliphatic carbocycles. The number of carbonyl (C=O) groups excluding carboxylic acids is 1. The lowest BCUT2D eigenvalue weighted by Crippen LogP contribution is -2.30. The number of ether oxygens (including phenoxy) is 2. The van der Waals surface area contributed by atoms with E-state index in [1.165, 1.54) is 16.9 Å². The third-order valence-electron chi connectivity index (χ3n) is 4.39. The molecule has 1 heterocycles. The van der Waals surface area contributed by atoms with E-state index in [0.29, 0.717) is 15.9 Å². The second kappa shape index (κ2) is 8.61. The Morgan fingerprint density at radius 3 is 2.21 bits per heavy atom. The molecule has 0 unspecified atom stereocenters. The maximum atomic E-state index is 12.5. The van der Waals surface area contributed by atoms with E-state index in [9.17, 15) is 4.79 Å². The van der Waals surface area contributed by atoms with Crippen molar-refractivity contribution in [1.82, 2.24) is 10.2 Å². The van der Waals surface area contributed by atoms with Crippen LogP contribution in [0.2, 0.25) is 0 Å². The Hall–Kier alpha value is -2.93. The molecule has 1 amide bonds. The van der Waals surface area contributed by atoms with Crippen LogP contribution in [0.4, 0.5) is 5.13 Å². The van der Waals surface area contributed by atoms with E-state index in [4.69, 9.17) is 9.47 Å². The van der Waals surface area contributed by atoms with Gasteiger partial charge in [-0.2, -0.15) is 0 Å². The molecule has 0 aliphatic heterocycles. The molecule has 1 atom stereocenters. The standard InChI is InChI=1S/C22H25N3O3S/c1-14(28-18-12-8-16(9-13-18)22(2,3)4)19(26)23-21-25-24-20(29-21)15-6-10-17(27-5)11-7-15/h6-14H,1-5H3,(H,23,25,26)/t14-/m0/s1. The Morgan fingerprint density at radius 2 is 1.62 bits per heavy atom. The number of hydrogen-bond donors (Lipinski definition) is 1. The van der Waals surface area contributed by atoms with Gasteiger partial charge in [0.05, 0.1) is 7.11 Å². The van der Waals surface area contributed by atoms with E-state index < -0.39 is 6.10 Å². The Labute approximate surface area is 174 Å². The first-order valence-electron chi connectivity index (χ1n) is 9.32. The van der Waals surface area contributed by atoms with Crippen LogP contribution < -0.4 is 14.8 Å². The zero-order valence-corrected chi connectivity index (χ0v) is 18.0. The van der Waals surface area contributed by atoms with E-state index in [-0.39, 0.29) is 11.3 Å². The van der Waals surface area contributed by atoms with Gasteiger partial charge in [0, 0.05) is 5.56 Å². The van der Waals surface area contributed by atoms with Crippen molar-refractivity contribution < 1.29 is 14.3 Å². The van der Waals surface area contributed by atoms with Crippen molar-refractivity contribution in [3.63, 3.8) is 0 Å². The molecule has 0 radical (unpaired) electrons. The van der Waals surface area contributed by atoms with Crippen LogP contribution in [0.5, 0.6) is 11.5 Å². The van der Waals surface area contributed by atoms with Gasteiger partial charge in [-0.3, -0.25) is 10.1 Å². The number of carbonyl (C=O) groups is 1. The first kappa shape index (κ1) is 20.8. The zero-order chi connectivity index (χ0) is 21.0. The minimum absolute atomic E-state index is 0.0704. The number of nitrogens with one attached hydrogen (secondary N) is 1. The van der Waals surface area contributed by atoms with Crippen molar-refractivity contribution in [3.8, 4) is 22.1 Å². The van der Waals surface area contributed by atoms with Crippen LogP contribution in [0.25, 0.3) is 10.6 Å². The highest BCUT2D eigenvalue weighted by atomic mass is 32.1. The van der Waals surface area contributed by atoms with Crippen molar-refractivity contribution in [2.75, 3.05) is 12.4 Å². The summed E-state index contributed by atoms with van der Waals surface area (Å²) in [7, 11) is 1.62. The minimum atomic E-state index is -0.663. The highest BCUT2D eigenvalue weighted by molar-refractivity contribution is 7.18. The molecule has 29 heavy (non-hydrogen) atoms. The summed E-state index contributed by atoms with van der Waals surface area (Å²) in [5, 5.41) is 12.1. The highest BCUT2D eigenvalue weighted by Gasteiger charge is 2.18. The predicted molar refractivity (Wildman–Crippen MR) is 116 cm³/mol. The molecule has 3 aromatic rings. The van der Waals surface area contributed by atoms with Gasteiger partial charge in [0.15, 0.2) is 6.10 Å². The number of benzene rings is 2. The van der Waals surface area contributed by atoms with Crippen LogP contribution in [0, 0.1) is 0 Å². The summed E-state index contributed by atoms with van der Waals surface area (Å²) in [6.07, 6.45) is -0.663. The van der Waals surface area contributed by atoms with Crippen molar-refractivity contribution in [2.45, 2.75) is 39.2 Å². The molecule has 3 rings (SSSR count). The monoisotopic (exact) mass is 411 g/mol. The number of rotatable bonds is 6. The lowest BCUT2D eigenvalue weighted by atomic mass is 9.87. The molecule has 2 aromatic carbocycles. The topological polar surface area (TPSA) is 73.3 Å². The molecular weight excluding hydrogens is 386 g/mol. The Balaban J connectivity index is 1.60. The quantitative estimate of drug-likeness (QED) is 0.623. The van der Waals surface area contributed by atoms with Crippen LogP contribution in [-0.2, 0) is 10.2 Å². The molecule has 1 N–H and O–H groups in total. The smallest absolute Gasteiger partial charge is 0.266 e. The van der Waals surface area contributed by atoms with E-state index in [2.05, 4.69) is 36.3 Å². The minimum Gasteiger partial charge on any atom is -0.497 e. The molecule has 0 aliphatic rings. The second-order valence-corrected chi connectivity index (χ2v) is 8.64. The summed E-state index contributed by atoms with van der Waals surface area (Å²) in [5.41, 5.74) is 2.19. The lowest BCUT2D eigenvalue weighted by Gasteiger charge is -2.20. The van der Waals surface area contributed by atoms with Crippen molar-refractivity contribution in [1.29, 1.82) is 0 Å². The van der Waals surface area contributed by atoms with Crippen LogP contribution in [-0.4, -0.2) is 29.3 Å². The van der Waals surface area contributed by atoms with Gasteiger partial charge in [0.2, 0.25) is 5.13 Å². The third kappa shape index (κ3) is 5.32. The largest absolute Gasteiger partial charge is 0.497 e. The number of nitrogens with zero attached hydrogens (tertiary/aromatic N) is 2. The number of hydrogen-bond acceptors (Lipinski definition) is 6. The summed E-state index contributed by atoms with van der Waals surface area (Å²) < 4.78 is 10.9. The molecule has 0 saturated heterocycles. The molecule has 0 saturated carbocycles. The molecule has 1 aromatic heterocycles. The zero-order valence-electron chi connectivity index (χ0n) is 17.2. The highest BCUT2D eigenvalue weighted by Crippen LogP contribution is 2.28. The fourth-order valence-corrected chi connectivity index (χ4v) is 3.37. The Kier molecular flexibility index (Phi) is 6.17. The second-order valence-electron chi connectivity index (χ2n) is 7.66. The molecule has 152 valence electrons. The third-order valence-corrected chi connectivity index (χ3v) is 5.28. The molecule has 0 bridgehead atoms. The summed E-state index contributed by atoms with van der Waals surface area (Å²) in [5.74, 6) is 1.15. The normalized spacial score (nSPS) is 12.3. The van der Waals surface area contributed by atoms with E-state index in [0.717, 1.165) is 11.3 Å². The van der Waals surface area contributed by atoms with Crippen molar-refractivity contribution >= 4 is 22.4 Å².